The SMILES string of the molecule is CCC1(C)CCC(=O)CCCCCCCCCCC(=O)O1. The number of rotatable bonds is 1. The number of hydrogen-bond acceptors (Lipinski definition) is 3. The fourth-order valence-electron chi connectivity index (χ4n) is 2.81. The van der Waals surface area contributed by atoms with Gasteiger partial charge >= 0.3 is 5.97 Å². The maximum Gasteiger partial charge on any atom is 0.306 e. The molecule has 0 aromatic heterocycles. The highest BCUT2D eigenvalue weighted by Gasteiger charge is 2.27. The van der Waals surface area contributed by atoms with Crippen LogP contribution in [0.5, 0.6) is 0 Å². The van der Waals surface area contributed by atoms with Crippen molar-refractivity contribution in [1.82, 2.24) is 0 Å². The van der Waals surface area contributed by atoms with E-state index in [2.05, 4.69) is 0 Å². The molecule has 122 valence electrons. The van der Waals surface area contributed by atoms with Crippen molar-refractivity contribution in [1.29, 1.82) is 0 Å². The summed E-state index contributed by atoms with van der Waals surface area (Å²) in [4.78, 5) is 23.8. The zero-order valence-corrected chi connectivity index (χ0v) is 13.9. The number of hydrogen-bond donors (Lipinski definition) is 0. The van der Waals surface area contributed by atoms with Crippen LogP contribution in [0.2, 0.25) is 0 Å². The lowest BCUT2D eigenvalue weighted by atomic mass is 9.93. The number of carbonyl (C=O) groups excluding carboxylic acids is 2. The minimum absolute atomic E-state index is 0.0982. The maximum atomic E-state index is 11.9. The van der Waals surface area contributed by atoms with Crippen molar-refractivity contribution < 1.29 is 14.3 Å². The summed E-state index contributed by atoms with van der Waals surface area (Å²) in [5.41, 5.74) is -0.468. The molecule has 1 atom stereocenters. The third-order valence-corrected chi connectivity index (χ3v) is 4.63. The van der Waals surface area contributed by atoms with Gasteiger partial charge in [0.2, 0.25) is 0 Å². The first-order valence-corrected chi connectivity index (χ1v) is 8.79. The van der Waals surface area contributed by atoms with Gasteiger partial charge < -0.3 is 4.74 Å². The fourth-order valence-corrected chi connectivity index (χ4v) is 2.81. The Kier molecular flexibility index (Phi) is 8.63. The number of cyclic esters (lactones) is 1. The Morgan fingerprint density at radius 2 is 1.38 bits per heavy atom. The molecule has 0 N–H and O–H groups in total. The lowest BCUT2D eigenvalue weighted by Gasteiger charge is -2.28. The van der Waals surface area contributed by atoms with Gasteiger partial charge in [0.15, 0.2) is 0 Å². The predicted molar refractivity (Wildman–Crippen MR) is 85.2 cm³/mol. The fraction of sp³-hybridized carbons (Fsp3) is 0.889. The Labute approximate surface area is 129 Å². The number of esters is 1. The van der Waals surface area contributed by atoms with Crippen molar-refractivity contribution in [2.24, 2.45) is 0 Å². The highest BCUT2D eigenvalue weighted by Crippen LogP contribution is 2.24. The van der Waals surface area contributed by atoms with E-state index >= 15 is 0 Å². The molecule has 0 bridgehead atoms. The summed E-state index contributed by atoms with van der Waals surface area (Å²) in [6.45, 7) is 3.98. The minimum atomic E-state index is -0.468. The van der Waals surface area contributed by atoms with Crippen LogP contribution in [-0.2, 0) is 14.3 Å². The van der Waals surface area contributed by atoms with E-state index in [-0.39, 0.29) is 5.97 Å². The molecule has 0 aromatic rings. The molecule has 0 radical (unpaired) electrons. The van der Waals surface area contributed by atoms with Crippen LogP contribution in [0.15, 0.2) is 0 Å². The third kappa shape index (κ3) is 8.23. The lowest BCUT2D eigenvalue weighted by molar-refractivity contribution is -0.160. The van der Waals surface area contributed by atoms with Crippen molar-refractivity contribution in [3.63, 3.8) is 0 Å². The number of ketones is 1. The molecule has 1 aliphatic rings. The van der Waals surface area contributed by atoms with Crippen LogP contribution < -0.4 is 0 Å². The molecule has 1 unspecified atom stereocenters. The summed E-state index contributed by atoms with van der Waals surface area (Å²) in [7, 11) is 0. The van der Waals surface area contributed by atoms with E-state index in [0.29, 0.717) is 31.5 Å². The first-order valence-electron chi connectivity index (χ1n) is 8.79. The molecular formula is C18H32O3. The molecule has 1 fully saturated rings. The zero-order chi connectivity index (χ0) is 15.6. The van der Waals surface area contributed by atoms with Crippen LogP contribution in [0.1, 0.15) is 97.3 Å². The molecule has 1 saturated heterocycles. The summed E-state index contributed by atoms with van der Waals surface area (Å²) in [5.74, 6) is 0.219. The molecule has 3 heteroatoms. The van der Waals surface area contributed by atoms with Crippen LogP contribution in [0.25, 0.3) is 0 Å². The van der Waals surface area contributed by atoms with Crippen LogP contribution in [-0.4, -0.2) is 17.4 Å². The average Bonchev–Trinajstić information content (AvgIpc) is 2.46. The standard InChI is InChI=1S/C18H32O3/c1-3-18(2)15-14-16(19)12-10-8-6-4-5-7-9-11-13-17(20)21-18/h3-15H2,1-2H3. The van der Waals surface area contributed by atoms with Gasteiger partial charge in [-0.25, -0.2) is 0 Å². The Morgan fingerprint density at radius 1 is 0.857 bits per heavy atom. The zero-order valence-electron chi connectivity index (χ0n) is 13.9. The van der Waals surface area contributed by atoms with Gasteiger partial charge in [0.05, 0.1) is 0 Å². The highest BCUT2D eigenvalue weighted by atomic mass is 16.6. The van der Waals surface area contributed by atoms with Gasteiger partial charge in [-0.1, -0.05) is 45.4 Å². The Bertz CT molecular complexity index is 324. The molecule has 0 spiro atoms. The molecule has 0 aromatic carbocycles. The Hall–Kier alpha value is -0.860. The topological polar surface area (TPSA) is 43.4 Å². The minimum Gasteiger partial charge on any atom is -0.459 e. The van der Waals surface area contributed by atoms with Gasteiger partial charge in [0.1, 0.15) is 11.4 Å². The molecular weight excluding hydrogens is 264 g/mol. The van der Waals surface area contributed by atoms with E-state index in [1.54, 1.807) is 0 Å². The largest absolute Gasteiger partial charge is 0.459 e. The smallest absolute Gasteiger partial charge is 0.306 e. The predicted octanol–water partition coefficient (Wildman–Crippen LogP) is 4.96. The van der Waals surface area contributed by atoms with E-state index in [9.17, 15) is 9.59 Å². The van der Waals surface area contributed by atoms with E-state index in [4.69, 9.17) is 4.74 Å². The summed E-state index contributed by atoms with van der Waals surface area (Å²) in [6.07, 6.45) is 12.4. The highest BCUT2D eigenvalue weighted by molar-refractivity contribution is 5.78. The average molecular weight is 296 g/mol. The Morgan fingerprint density at radius 3 is 1.95 bits per heavy atom. The first-order chi connectivity index (χ1) is 10.1. The Balaban J connectivity index is 2.51. The van der Waals surface area contributed by atoms with Crippen LogP contribution >= 0.6 is 0 Å². The van der Waals surface area contributed by atoms with E-state index in [1.807, 2.05) is 13.8 Å². The molecule has 3 nitrogen and oxygen atoms in total. The molecule has 0 amide bonds. The van der Waals surface area contributed by atoms with E-state index in [1.165, 1.54) is 32.1 Å². The normalized spacial score (nSPS) is 28.1. The molecule has 1 rings (SSSR count). The number of ether oxygens (including phenoxy) is 1. The van der Waals surface area contributed by atoms with E-state index < -0.39 is 5.60 Å². The second-order valence-electron chi connectivity index (χ2n) is 6.64. The van der Waals surface area contributed by atoms with Gasteiger partial charge in [0, 0.05) is 19.3 Å². The van der Waals surface area contributed by atoms with Crippen LogP contribution in [0.4, 0.5) is 0 Å². The third-order valence-electron chi connectivity index (χ3n) is 4.63. The van der Waals surface area contributed by atoms with Crippen LogP contribution in [0, 0.1) is 0 Å². The van der Waals surface area contributed by atoms with Gasteiger partial charge in [-0.15, -0.1) is 0 Å². The molecule has 0 aliphatic carbocycles. The second-order valence-corrected chi connectivity index (χ2v) is 6.64. The van der Waals surface area contributed by atoms with Gasteiger partial charge in [-0.2, -0.15) is 0 Å². The van der Waals surface area contributed by atoms with Crippen molar-refractivity contribution in [2.75, 3.05) is 0 Å². The first kappa shape index (κ1) is 18.2. The second kappa shape index (κ2) is 9.97. The number of carbonyl (C=O) groups is 2. The number of Topliss-reactive ketones (excluding diaryl/α,β-unsaturated/α-hetero) is 1. The van der Waals surface area contributed by atoms with Gasteiger partial charge in [-0.3, -0.25) is 9.59 Å². The maximum absolute atomic E-state index is 11.9. The van der Waals surface area contributed by atoms with Crippen LogP contribution in [0.3, 0.4) is 0 Å². The summed E-state index contributed by atoms with van der Waals surface area (Å²) >= 11 is 0. The van der Waals surface area contributed by atoms with Crippen molar-refractivity contribution >= 4 is 11.8 Å². The van der Waals surface area contributed by atoms with Gasteiger partial charge in [-0.05, 0) is 32.6 Å². The molecule has 1 aliphatic heterocycles. The summed E-state index contributed by atoms with van der Waals surface area (Å²) in [5, 5.41) is 0. The van der Waals surface area contributed by atoms with Crippen molar-refractivity contribution in [3.05, 3.63) is 0 Å². The summed E-state index contributed by atoms with van der Waals surface area (Å²) < 4.78 is 5.65. The van der Waals surface area contributed by atoms with Gasteiger partial charge in [0.25, 0.3) is 0 Å². The van der Waals surface area contributed by atoms with E-state index in [0.717, 1.165) is 25.7 Å². The monoisotopic (exact) mass is 296 g/mol. The van der Waals surface area contributed by atoms with Crippen molar-refractivity contribution in [3.8, 4) is 0 Å². The summed E-state index contributed by atoms with van der Waals surface area (Å²) in [6, 6.07) is 0. The lowest BCUT2D eigenvalue weighted by Crippen LogP contribution is -2.31. The molecule has 1 heterocycles. The molecule has 21 heavy (non-hydrogen) atoms. The quantitative estimate of drug-likeness (QED) is 0.642. The van der Waals surface area contributed by atoms with Crippen molar-refractivity contribution in [2.45, 2.75) is 103 Å². The molecule has 0 saturated carbocycles.